The molecule has 21 rings (SSSR count). The quantitative estimate of drug-likeness (QED) is 0.0804. The molecule has 3 aromatic carbocycles. The van der Waals surface area contributed by atoms with Gasteiger partial charge in [0.15, 0.2) is 16.6 Å². The van der Waals surface area contributed by atoms with Crippen LogP contribution in [-0.4, -0.2) is 55.0 Å². The summed E-state index contributed by atoms with van der Waals surface area (Å²) in [5.74, 6) is 0. The van der Waals surface area contributed by atoms with Crippen LogP contribution < -0.4 is 0 Å². The molecule has 12 aliphatic carbocycles. The van der Waals surface area contributed by atoms with Gasteiger partial charge in [0.1, 0.15) is 33.6 Å². The summed E-state index contributed by atoms with van der Waals surface area (Å²) in [6.45, 7) is 13.7. The minimum atomic E-state index is -2.19. The fourth-order valence-corrected chi connectivity index (χ4v) is 17.1. The summed E-state index contributed by atoms with van der Waals surface area (Å²) < 4.78 is 40.4. The van der Waals surface area contributed by atoms with Gasteiger partial charge in [0.25, 0.3) is 0 Å². The van der Waals surface area contributed by atoms with Crippen LogP contribution in [0.25, 0.3) is 22.5 Å². The van der Waals surface area contributed by atoms with E-state index in [1.807, 2.05) is 12.4 Å². The van der Waals surface area contributed by atoms with Gasteiger partial charge in [-0.25, -0.2) is 0 Å². The molecule has 16 aliphatic rings. The van der Waals surface area contributed by atoms with Crippen molar-refractivity contribution in [3.63, 3.8) is 0 Å². The van der Waals surface area contributed by atoms with Crippen LogP contribution in [0.5, 0.6) is 0 Å². The Bertz CT molecular complexity index is 2620. The molecule has 8 nitrogen and oxygen atoms in total. The van der Waals surface area contributed by atoms with E-state index in [0.29, 0.717) is 0 Å². The van der Waals surface area contributed by atoms with Crippen molar-refractivity contribution in [2.24, 2.45) is 0 Å². The molecule has 0 unspecified atom stereocenters. The summed E-state index contributed by atoms with van der Waals surface area (Å²) in [5, 5.41) is 0. The van der Waals surface area contributed by atoms with Crippen LogP contribution in [0, 0.1) is 0 Å². The first-order valence-corrected chi connectivity index (χ1v) is 31.0. The highest BCUT2D eigenvalue weighted by Gasteiger charge is 2.47. The number of ether oxygens (including phenoxy) is 4. The van der Waals surface area contributed by atoms with Crippen molar-refractivity contribution in [1.29, 1.82) is 0 Å². The van der Waals surface area contributed by atoms with Gasteiger partial charge in [0, 0.05) is 63.1 Å². The summed E-state index contributed by atoms with van der Waals surface area (Å²) in [6.07, 6.45) is 29.7. The van der Waals surface area contributed by atoms with Crippen LogP contribution in [0.2, 0.25) is 36.3 Å². The molecule has 6 heterocycles. The van der Waals surface area contributed by atoms with Gasteiger partial charge in [-0.2, -0.15) is 0 Å². The molecule has 0 N–H and O–H groups in total. The van der Waals surface area contributed by atoms with Crippen LogP contribution in [0.4, 0.5) is 0 Å². The molecule has 0 amide bonds. The first-order chi connectivity index (χ1) is 34.8. The minimum absolute atomic E-state index is 0.801. The maximum atomic E-state index is 7.61. The second-order valence-electron chi connectivity index (χ2n) is 19.9. The lowest BCUT2D eigenvalue weighted by Crippen LogP contribution is -2.48. The monoisotopic (exact) mass is 996 g/mol. The third-order valence-electron chi connectivity index (χ3n) is 16.9. The topological polar surface area (TPSA) is 81.2 Å². The largest absolute Gasteiger partial charge is 0.400 e. The number of hydrogen-bond acceptors (Lipinski definition) is 8. The van der Waals surface area contributed by atoms with Crippen LogP contribution >= 0.6 is 0 Å². The number of rotatable bonds is 14. The van der Waals surface area contributed by atoms with E-state index in [4.69, 9.17) is 37.8 Å². The SMILES string of the molecule is CC[Si](CC)(CC)OC12C=CC(O[Si](CC)(CC)CC)(C=C1)c1ccc(nc1)-c1ccc(cc1)C1(OC)C=CC(OC)(C=C1)c1ccc(cc1)C1(OC)C=CC(OC)(C=C1)c1ccc(cc1)-c1ccc2cn1. The second-order valence-corrected chi connectivity index (χ2v) is 29.2. The third-order valence-corrected chi connectivity index (χ3v) is 26.2. The van der Waals surface area contributed by atoms with Gasteiger partial charge in [-0.1, -0.05) is 126 Å². The minimum Gasteiger partial charge on any atom is -0.400 e. The van der Waals surface area contributed by atoms with E-state index in [-0.39, 0.29) is 0 Å². The molecule has 10 heteroatoms. The van der Waals surface area contributed by atoms with Crippen molar-refractivity contribution < 1.29 is 27.8 Å². The molecular formula is C62H72N2O6Si2. The van der Waals surface area contributed by atoms with Crippen LogP contribution in [0.15, 0.2) is 182 Å². The molecule has 0 spiro atoms. The Labute approximate surface area is 430 Å². The molecule has 2 aromatic heterocycles. The van der Waals surface area contributed by atoms with Crippen LogP contribution in [-0.2, 0) is 61.4 Å². The fraction of sp³-hybridized carbons (Fsp3) is 0.355. The number of aromatic nitrogens is 2. The average molecular weight is 997 g/mol. The van der Waals surface area contributed by atoms with E-state index in [1.165, 1.54) is 0 Å². The lowest BCUT2D eigenvalue weighted by Gasteiger charge is -2.45. The van der Waals surface area contributed by atoms with Gasteiger partial charge < -0.3 is 27.8 Å². The summed E-state index contributed by atoms with van der Waals surface area (Å²) in [6, 6.07) is 40.1. The van der Waals surface area contributed by atoms with Crippen molar-refractivity contribution >= 4 is 16.6 Å². The first-order valence-electron chi connectivity index (χ1n) is 25.9. The van der Waals surface area contributed by atoms with Gasteiger partial charge in [0.05, 0.1) is 11.4 Å². The molecular weight excluding hydrogens is 925 g/mol. The molecule has 0 fully saturated rings. The first kappa shape index (κ1) is 51.5. The molecule has 5 aromatic rings. The van der Waals surface area contributed by atoms with Crippen molar-refractivity contribution in [3.05, 3.63) is 216 Å². The van der Waals surface area contributed by atoms with Gasteiger partial charge in [-0.15, -0.1) is 0 Å². The standard InChI is InChI=1S/C62H72N2O6Si2/c1-11-71(12-2,13-3)69-61-41-43-62(44-42-61,70-72(14-4,15-5)16-6)54-30-32-56(64-46-54)48-19-23-50(24-20-48)58(66-8)35-39-60(68-10,40-36-58)52-27-25-51(26-28-52)59(67-9)37-33-57(65-7,34-38-59)49-21-17-47(18-22-49)55-31-29-53(61)45-63-55/h17-46H,11-16H2,1-10H3. The Kier molecular flexibility index (Phi) is 14.4. The highest BCUT2D eigenvalue weighted by molar-refractivity contribution is 6.74. The van der Waals surface area contributed by atoms with E-state index in [0.717, 1.165) is 92.2 Å². The van der Waals surface area contributed by atoms with Crippen LogP contribution in [0.1, 0.15) is 74.9 Å². The van der Waals surface area contributed by atoms with Gasteiger partial charge in [-0.05, 0) is 144 Å². The molecule has 4 aliphatic heterocycles. The number of pyridine rings is 2. The van der Waals surface area contributed by atoms with E-state index in [1.54, 1.807) is 28.4 Å². The zero-order chi connectivity index (χ0) is 50.9. The Morgan fingerprint density at radius 2 is 0.528 bits per heavy atom. The van der Waals surface area contributed by atoms with E-state index < -0.39 is 50.2 Å². The number of methoxy groups -OCH3 is 4. The molecule has 0 saturated carbocycles. The Hall–Kier alpha value is -5.41. The predicted octanol–water partition coefficient (Wildman–Crippen LogP) is 14.4. The maximum Gasteiger partial charge on any atom is 0.194 e. The zero-order valence-electron chi connectivity index (χ0n) is 43.9. The lowest BCUT2D eigenvalue weighted by atomic mass is 9.79. The Morgan fingerprint density at radius 1 is 0.306 bits per heavy atom. The van der Waals surface area contributed by atoms with E-state index in [9.17, 15) is 0 Å². The van der Waals surface area contributed by atoms with Gasteiger partial charge in [0.2, 0.25) is 0 Å². The summed E-state index contributed by atoms with van der Waals surface area (Å²) in [5.41, 5.74) is 4.78. The number of nitrogens with zero attached hydrogens (tertiary/aromatic N) is 2. The predicted molar refractivity (Wildman–Crippen MR) is 295 cm³/mol. The van der Waals surface area contributed by atoms with Gasteiger partial charge >= 0.3 is 0 Å². The Morgan fingerprint density at radius 3 is 0.736 bits per heavy atom. The second kappa shape index (κ2) is 20.1. The number of benzene rings is 3. The lowest BCUT2D eigenvalue weighted by molar-refractivity contribution is 0.0407. The zero-order valence-corrected chi connectivity index (χ0v) is 45.9. The molecule has 0 atom stereocenters. The number of hydrogen-bond donors (Lipinski definition) is 0. The normalized spacial score (nSPS) is 27.1. The van der Waals surface area contributed by atoms with E-state index >= 15 is 0 Å². The van der Waals surface area contributed by atoms with Crippen LogP contribution in [0.3, 0.4) is 0 Å². The summed E-state index contributed by atoms with van der Waals surface area (Å²) in [4.78, 5) is 10.3. The molecule has 0 saturated heterocycles. The maximum absolute atomic E-state index is 7.61. The highest BCUT2D eigenvalue weighted by Crippen LogP contribution is 2.48. The third kappa shape index (κ3) is 8.77. The van der Waals surface area contributed by atoms with Crippen molar-refractivity contribution in [2.45, 2.75) is 111 Å². The van der Waals surface area contributed by atoms with Gasteiger partial charge in [-0.3, -0.25) is 9.97 Å². The van der Waals surface area contributed by atoms with E-state index in [2.05, 4.69) is 212 Å². The van der Waals surface area contributed by atoms with Crippen molar-refractivity contribution in [3.8, 4) is 22.5 Å². The molecule has 0 radical (unpaired) electrons. The summed E-state index contributed by atoms with van der Waals surface area (Å²) in [7, 11) is 2.57. The Balaban J connectivity index is 1.18. The van der Waals surface area contributed by atoms with Crippen molar-refractivity contribution in [1.82, 2.24) is 9.97 Å². The smallest absolute Gasteiger partial charge is 0.194 e. The molecule has 16 bridgehead atoms. The average Bonchev–Trinajstić information content (AvgIpc) is 3.46. The molecule has 374 valence electrons. The van der Waals surface area contributed by atoms with Crippen molar-refractivity contribution in [2.75, 3.05) is 28.4 Å². The summed E-state index contributed by atoms with van der Waals surface area (Å²) >= 11 is 0. The highest BCUT2D eigenvalue weighted by atomic mass is 28.4. The molecule has 72 heavy (non-hydrogen) atoms. The fourth-order valence-electron chi connectivity index (χ4n) is 11.3.